The number of hydrogen-bond acceptors (Lipinski definition) is 5. The molecule has 3 rings (SSSR count). The first kappa shape index (κ1) is 20.6. The molecule has 29 heavy (non-hydrogen) atoms. The van der Waals surface area contributed by atoms with E-state index in [2.05, 4.69) is 20.6 Å². The molecule has 8 nitrogen and oxygen atoms in total. The molecule has 1 amide bonds. The molecule has 10 heteroatoms. The minimum Gasteiger partial charge on any atom is -0.346 e. The fraction of sp³-hybridized carbons (Fsp3) is 0.211. The number of aromatic amines is 1. The first-order chi connectivity index (χ1) is 13.8. The molecule has 0 bridgehead atoms. The summed E-state index contributed by atoms with van der Waals surface area (Å²) < 4.78 is 1.68. The lowest BCUT2D eigenvalue weighted by molar-refractivity contribution is 0.0930. The molecule has 0 aliphatic rings. The number of nitrogens with zero attached hydrogens (tertiary/aromatic N) is 4. The summed E-state index contributed by atoms with van der Waals surface area (Å²) >= 11 is 12.1. The highest BCUT2D eigenvalue weighted by molar-refractivity contribution is 6.36. The number of amides is 1. The lowest BCUT2D eigenvalue weighted by Crippen LogP contribution is -2.36. The molecule has 0 radical (unpaired) electrons. The van der Waals surface area contributed by atoms with Gasteiger partial charge in [-0.1, -0.05) is 29.3 Å². The highest BCUT2D eigenvalue weighted by Gasteiger charge is 2.21. The van der Waals surface area contributed by atoms with E-state index in [1.807, 2.05) is 19.1 Å². The molecule has 1 aromatic carbocycles. The van der Waals surface area contributed by atoms with Gasteiger partial charge in [0.1, 0.15) is 22.5 Å². The molecule has 0 aliphatic heterocycles. The van der Waals surface area contributed by atoms with Crippen LogP contribution in [0, 0.1) is 11.3 Å². The molecule has 0 fully saturated rings. The monoisotopic (exact) mass is 430 g/mol. The number of H-pyrrole nitrogens is 1. The first-order valence-electron chi connectivity index (χ1n) is 8.59. The lowest BCUT2D eigenvalue weighted by atomic mass is 10.1. The Morgan fingerprint density at radius 1 is 1.34 bits per heavy atom. The summed E-state index contributed by atoms with van der Waals surface area (Å²) in [5.74, 6) is -0.793. The van der Waals surface area contributed by atoms with Crippen LogP contribution in [0.1, 0.15) is 40.4 Å². The van der Waals surface area contributed by atoms with Crippen LogP contribution in [-0.2, 0) is 6.54 Å². The Balaban J connectivity index is 1.67. The maximum atomic E-state index is 12.4. The van der Waals surface area contributed by atoms with Crippen molar-refractivity contribution in [3.8, 4) is 17.3 Å². The van der Waals surface area contributed by atoms with Crippen molar-refractivity contribution in [3.63, 3.8) is 0 Å². The van der Waals surface area contributed by atoms with Crippen LogP contribution in [0.25, 0.3) is 11.3 Å². The van der Waals surface area contributed by atoms with E-state index < -0.39 is 5.91 Å². The van der Waals surface area contributed by atoms with Crippen LogP contribution in [0.4, 0.5) is 0 Å². The van der Waals surface area contributed by atoms with Gasteiger partial charge in [-0.3, -0.25) is 19.4 Å². The molecule has 3 aromatic rings. The average molecular weight is 431 g/mol. The second kappa shape index (κ2) is 8.47. The highest BCUT2D eigenvalue weighted by Crippen LogP contribution is 2.24. The Bertz CT molecular complexity index is 1130. The van der Waals surface area contributed by atoms with E-state index in [4.69, 9.17) is 28.5 Å². The van der Waals surface area contributed by atoms with Gasteiger partial charge >= 0.3 is 0 Å². The molecule has 2 aromatic heterocycles. The lowest BCUT2D eigenvalue weighted by Gasteiger charge is -2.13. The highest BCUT2D eigenvalue weighted by atomic mass is 35.5. The van der Waals surface area contributed by atoms with Crippen molar-refractivity contribution in [2.75, 3.05) is 0 Å². The van der Waals surface area contributed by atoms with Crippen molar-refractivity contribution >= 4 is 34.9 Å². The number of nitrogens with one attached hydrogen (secondary N) is 2. The van der Waals surface area contributed by atoms with Crippen LogP contribution in [0.15, 0.2) is 30.5 Å². The Morgan fingerprint density at radius 3 is 2.72 bits per heavy atom. The van der Waals surface area contributed by atoms with E-state index in [0.29, 0.717) is 22.8 Å². The summed E-state index contributed by atoms with van der Waals surface area (Å²) in [5.41, 5.74) is 1.94. The fourth-order valence-electron chi connectivity index (χ4n) is 2.72. The Morgan fingerprint density at radius 2 is 2.10 bits per heavy atom. The molecule has 1 unspecified atom stereocenters. The predicted molar refractivity (Wildman–Crippen MR) is 108 cm³/mol. The first-order valence-corrected chi connectivity index (χ1v) is 9.35. The second-order valence-corrected chi connectivity index (χ2v) is 7.21. The molecule has 2 heterocycles. The summed E-state index contributed by atoms with van der Waals surface area (Å²) in [6.07, 6.45) is 1.78. The summed E-state index contributed by atoms with van der Waals surface area (Å²) in [6.45, 7) is 3.54. The zero-order valence-electron chi connectivity index (χ0n) is 15.5. The van der Waals surface area contributed by atoms with Gasteiger partial charge in [0, 0.05) is 24.7 Å². The minimum absolute atomic E-state index is 0.00118. The Hall–Kier alpha value is -3.15. The molecular weight excluding hydrogens is 415 g/mol. The number of benzene rings is 1. The molecule has 1 atom stereocenters. The zero-order chi connectivity index (χ0) is 21.1. The van der Waals surface area contributed by atoms with Gasteiger partial charge in [-0.15, -0.1) is 0 Å². The molecular formula is C19H16Cl2N6O2. The van der Waals surface area contributed by atoms with Gasteiger partial charge in [0.25, 0.3) is 5.91 Å². The smallest absolute Gasteiger partial charge is 0.271 e. The number of aromatic nitrogens is 4. The summed E-state index contributed by atoms with van der Waals surface area (Å²) in [7, 11) is 0. The quantitative estimate of drug-likeness (QED) is 0.580. The molecule has 2 N–H and O–H groups in total. The van der Waals surface area contributed by atoms with E-state index in [9.17, 15) is 9.59 Å². The third-order valence-corrected chi connectivity index (χ3v) is 4.81. The van der Waals surface area contributed by atoms with Crippen molar-refractivity contribution in [1.82, 2.24) is 25.3 Å². The van der Waals surface area contributed by atoms with Crippen LogP contribution in [0.5, 0.6) is 0 Å². The largest absolute Gasteiger partial charge is 0.346 e. The SMILES string of the molecule is CC(=O)c1n[nH]c(C(=O)NC(C)Cn2ccc(-c3ccc(C#N)c(Cl)c3)n2)c1Cl. The van der Waals surface area contributed by atoms with E-state index in [0.717, 1.165) is 5.56 Å². The molecule has 148 valence electrons. The average Bonchev–Trinajstić information content (AvgIpc) is 3.28. The van der Waals surface area contributed by atoms with Crippen molar-refractivity contribution < 1.29 is 9.59 Å². The van der Waals surface area contributed by atoms with Gasteiger partial charge in [0.2, 0.25) is 0 Å². The molecule has 0 saturated heterocycles. The van der Waals surface area contributed by atoms with Gasteiger partial charge in [-0.05, 0) is 25.1 Å². The van der Waals surface area contributed by atoms with E-state index >= 15 is 0 Å². The third-order valence-electron chi connectivity index (χ3n) is 4.13. The number of rotatable bonds is 6. The number of ketones is 1. The van der Waals surface area contributed by atoms with Crippen molar-refractivity contribution in [3.05, 3.63) is 57.5 Å². The maximum Gasteiger partial charge on any atom is 0.271 e. The standard InChI is InChI=1S/C19H16Cl2N6O2/c1-10(23-19(29)18-16(21)17(11(2)28)24-25-18)9-27-6-5-15(26-27)12-3-4-13(8-22)14(20)7-12/h3-7,10H,9H2,1-2H3,(H,23,29)(H,24,25). The normalized spacial score (nSPS) is 11.7. The van der Waals surface area contributed by atoms with Crippen LogP contribution in [0.3, 0.4) is 0 Å². The molecule has 0 saturated carbocycles. The minimum atomic E-state index is -0.464. The van der Waals surface area contributed by atoms with Gasteiger partial charge in [0.15, 0.2) is 5.78 Å². The van der Waals surface area contributed by atoms with Gasteiger partial charge < -0.3 is 5.32 Å². The van der Waals surface area contributed by atoms with Gasteiger partial charge in [-0.25, -0.2) is 0 Å². The van der Waals surface area contributed by atoms with Crippen LogP contribution >= 0.6 is 23.2 Å². The molecule has 0 aliphatic carbocycles. The maximum absolute atomic E-state index is 12.4. The van der Waals surface area contributed by atoms with Crippen molar-refractivity contribution in [2.24, 2.45) is 0 Å². The summed E-state index contributed by atoms with van der Waals surface area (Å²) in [5, 5.41) is 22.8. The number of hydrogen-bond donors (Lipinski definition) is 2. The van der Waals surface area contributed by atoms with Crippen molar-refractivity contribution in [1.29, 1.82) is 5.26 Å². The summed E-state index contributed by atoms with van der Waals surface area (Å²) in [6, 6.07) is 8.65. The third kappa shape index (κ3) is 4.47. The Labute approximate surface area is 176 Å². The number of carbonyl (C=O) groups excluding carboxylic acids is 2. The second-order valence-electron chi connectivity index (χ2n) is 6.42. The van der Waals surface area contributed by atoms with E-state index in [1.165, 1.54) is 6.92 Å². The number of carbonyl (C=O) groups is 2. The van der Waals surface area contributed by atoms with E-state index in [-0.39, 0.29) is 28.2 Å². The Kier molecular flexibility index (Phi) is 6.01. The van der Waals surface area contributed by atoms with Crippen LogP contribution in [-0.4, -0.2) is 37.7 Å². The van der Waals surface area contributed by atoms with Crippen LogP contribution < -0.4 is 5.32 Å². The van der Waals surface area contributed by atoms with E-state index in [1.54, 1.807) is 29.1 Å². The fourth-order valence-corrected chi connectivity index (χ4v) is 3.24. The topological polar surface area (TPSA) is 116 Å². The van der Waals surface area contributed by atoms with Crippen molar-refractivity contribution in [2.45, 2.75) is 26.4 Å². The zero-order valence-corrected chi connectivity index (χ0v) is 17.0. The number of Topliss-reactive ketones (excluding diaryl/α,β-unsaturated/α-hetero) is 1. The molecule has 0 spiro atoms. The number of halogens is 2. The summed E-state index contributed by atoms with van der Waals surface area (Å²) in [4.78, 5) is 23.8. The van der Waals surface area contributed by atoms with Gasteiger partial charge in [0.05, 0.1) is 22.8 Å². The van der Waals surface area contributed by atoms with Gasteiger partial charge in [-0.2, -0.15) is 15.5 Å². The van der Waals surface area contributed by atoms with Crippen LogP contribution in [0.2, 0.25) is 10.0 Å². The number of nitriles is 1. The predicted octanol–water partition coefficient (Wildman–Crippen LogP) is 3.47.